The van der Waals surface area contributed by atoms with Crippen LogP contribution in [0.25, 0.3) is 0 Å². The van der Waals surface area contributed by atoms with E-state index in [9.17, 15) is 5.11 Å². The Hall–Kier alpha value is -0.380. The van der Waals surface area contributed by atoms with Crippen molar-refractivity contribution in [3.8, 4) is 0 Å². The third-order valence-corrected chi connectivity index (χ3v) is 2.47. The summed E-state index contributed by atoms with van der Waals surface area (Å²) in [5, 5.41) is 9.63. The normalized spacial score (nSPS) is 12.6. The molecule has 96 valence electrons. The molecular weight excluding hydrogens is 204 g/mol. The van der Waals surface area contributed by atoms with Gasteiger partial charge in [0.05, 0.1) is 19.3 Å². The van der Waals surface area contributed by atoms with Gasteiger partial charge in [-0.15, -0.1) is 6.58 Å². The minimum atomic E-state index is -0.216. The van der Waals surface area contributed by atoms with Gasteiger partial charge < -0.3 is 14.6 Å². The first-order valence-electron chi connectivity index (χ1n) is 6.17. The molecule has 0 rings (SSSR count). The van der Waals surface area contributed by atoms with E-state index in [4.69, 9.17) is 9.47 Å². The second kappa shape index (κ2) is 12.7. The molecule has 0 spiro atoms. The molecule has 0 fully saturated rings. The van der Waals surface area contributed by atoms with Crippen molar-refractivity contribution in [2.45, 2.75) is 44.6 Å². The molecule has 0 radical (unpaired) electrons. The Morgan fingerprint density at radius 1 is 1.12 bits per heavy atom. The van der Waals surface area contributed by atoms with Crippen LogP contribution in [0, 0.1) is 0 Å². The van der Waals surface area contributed by atoms with Crippen LogP contribution in [0.2, 0.25) is 0 Å². The monoisotopic (exact) mass is 230 g/mol. The summed E-state index contributed by atoms with van der Waals surface area (Å²) in [7, 11) is 1.65. The number of rotatable bonds is 12. The summed E-state index contributed by atoms with van der Waals surface area (Å²) in [6.07, 6.45) is 7.86. The van der Waals surface area contributed by atoms with Crippen molar-refractivity contribution in [2.24, 2.45) is 0 Å². The van der Waals surface area contributed by atoms with Gasteiger partial charge in [-0.05, 0) is 25.7 Å². The molecule has 1 unspecified atom stereocenters. The highest BCUT2D eigenvalue weighted by molar-refractivity contribution is 4.65. The largest absolute Gasteiger partial charge is 0.393 e. The van der Waals surface area contributed by atoms with E-state index in [1.54, 1.807) is 7.11 Å². The average molecular weight is 230 g/mol. The van der Waals surface area contributed by atoms with E-state index in [2.05, 4.69) is 6.58 Å². The quantitative estimate of drug-likeness (QED) is 0.413. The number of aliphatic hydroxyl groups is 1. The molecule has 3 nitrogen and oxygen atoms in total. The first kappa shape index (κ1) is 15.6. The maximum absolute atomic E-state index is 9.63. The topological polar surface area (TPSA) is 38.7 Å². The maximum atomic E-state index is 9.63. The van der Waals surface area contributed by atoms with Crippen molar-refractivity contribution >= 4 is 0 Å². The number of ether oxygens (including phenoxy) is 2. The Labute approximate surface area is 99.5 Å². The van der Waals surface area contributed by atoms with Crippen molar-refractivity contribution in [1.29, 1.82) is 0 Å². The van der Waals surface area contributed by atoms with Gasteiger partial charge in [0, 0.05) is 13.7 Å². The Kier molecular flexibility index (Phi) is 12.4. The molecule has 0 aromatic heterocycles. The summed E-state index contributed by atoms with van der Waals surface area (Å²) >= 11 is 0. The SMILES string of the molecule is C=CCCCCCC(O)CCOCCOC. The van der Waals surface area contributed by atoms with E-state index < -0.39 is 0 Å². The first-order chi connectivity index (χ1) is 7.81. The van der Waals surface area contributed by atoms with E-state index in [-0.39, 0.29) is 6.10 Å². The number of unbranched alkanes of at least 4 members (excludes halogenated alkanes) is 3. The molecule has 0 aliphatic heterocycles. The molecule has 0 aromatic rings. The van der Waals surface area contributed by atoms with Crippen molar-refractivity contribution in [1.82, 2.24) is 0 Å². The number of hydrogen-bond donors (Lipinski definition) is 1. The lowest BCUT2D eigenvalue weighted by molar-refractivity contribution is 0.0454. The molecule has 3 heteroatoms. The fourth-order valence-corrected chi connectivity index (χ4v) is 1.45. The van der Waals surface area contributed by atoms with Gasteiger partial charge >= 0.3 is 0 Å². The number of aliphatic hydroxyl groups excluding tert-OH is 1. The zero-order valence-corrected chi connectivity index (χ0v) is 10.5. The predicted molar refractivity (Wildman–Crippen MR) is 66.6 cm³/mol. The Morgan fingerprint density at radius 2 is 1.94 bits per heavy atom. The second-order valence-corrected chi connectivity index (χ2v) is 3.97. The van der Waals surface area contributed by atoms with Crippen LogP contribution in [0.3, 0.4) is 0 Å². The highest BCUT2D eigenvalue weighted by Crippen LogP contribution is 2.08. The smallest absolute Gasteiger partial charge is 0.0700 e. The molecule has 0 saturated carbocycles. The van der Waals surface area contributed by atoms with E-state index >= 15 is 0 Å². The van der Waals surface area contributed by atoms with Crippen molar-refractivity contribution < 1.29 is 14.6 Å². The van der Waals surface area contributed by atoms with Crippen LogP contribution in [-0.4, -0.2) is 38.1 Å². The third kappa shape index (κ3) is 11.7. The lowest BCUT2D eigenvalue weighted by atomic mass is 10.1. The standard InChI is InChI=1S/C13H26O3/c1-3-4-5-6-7-8-13(14)9-10-16-12-11-15-2/h3,13-14H,1,4-12H2,2H3. The van der Waals surface area contributed by atoms with Gasteiger partial charge in [-0.2, -0.15) is 0 Å². The summed E-state index contributed by atoms with van der Waals surface area (Å²) < 4.78 is 10.1. The molecule has 0 aromatic carbocycles. The number of methoxy groups -OCH3 is 1. The molecule has 0 heterocycles. The van der Waals surface area contributed by atoms with Gasteiger partial charge in [0.2, 0.25) is 0 Å². The highest BCUT2D eigenvalue weighted by atomic mass is 16.5. The van der Waals surface area contributed by atoms with E-state index in [0.717, 1.165) is 25.7 Å². The molecule has 1 N–H and O–H groups in total. The summed E-state index contributed by atoms with van der Waals surface area (Å²) in [5.41, 5.74) is 0. The molecule has 0 saturated heterocycles. The van der Waals surface area contributed by atoms with E-state index in [1.165, 1.54) is 12.8 Å². The molecule has 16 heavy (non-hydrogen) atoms. The average Bonchev–Trinajstić information content (AvgIpc) is 2.28. The van der Waals surface area contributed by atoms with Gasteiger partial charge in [-0.1, -0.05) is 18.9 Å². The van der Waals surface area contributed by atoms with Crippen molar-refractivity contribution in [2.75, 3.05) is 26.9 Å². The van der Waals surface area contributed by atoms with Crippen LogP contribution in [0.4, 0.5) is 0 Å². The van der Waals surface area contributed by atoms with Gasteiger partial charge in [0.1, 0.15) is 0 Å². The first-order valence-corrected chi connectivity index (χ1v) is 6.17. The Balaban J connectivity index is 3.11. The molecule has 0 amide bonds. The minimum Gasteiger partial charge on any atom is -0.393 e. The summed E-state index contributed by atoms with van der Waals surface area (Å²) in [5.74, 6) is 0. The summed E-state index contributed by atoms with van der Waals surface area (Å²) in [6, 6.07) is 0. The van der Waals surface area contributed by atoms with Gasteiger partial charge in [-0.3, -0.25) is 0 Å². The molecule has 0 aliphatic carbocycles. The third-order valence-electron chi connectivity index (χ3n) is 2.47. The Bertz CT molecular complexity index is 148. The van der Waals surface area contributed by atoms with E-state index in [0.29, 0.717) is 19.8 Å². The zero-order chi connectivity index (χ0) is 12.1. The lowest BCUT2D eigenvalue weighted by Crippen LogP contribution is -2.12. The highest BCUT2D eigenvalue weighted by Gasteiger charge is 2.03. The van der Waals surface area contributed by atoms with Crippen LogP contribution < -0.4 is 0 Å². The molecule has 1 atom stereocenters. The van der Waals surface area contributed by atoms with Gasteiger partial charge in [-0.25, -0.2) is 0 Å². The van der Waals surface area contributed by atoms with Crippen LogP contribution in [-0.2, 0) is 9.47 Å². The Morgan fingerprint density at radius 3 is 2.62 bits per heavy atom. The van der Waals surface area contributed by atoms with Crippen molar-refractivity contribution in [3.05, 3.63) is 12.7 Å². The van der Waals surface area contributed by atoms with Crippen LogP contribution in [0.5, 0.6) is 0 Å². The maximum Gasteiger partial charge on any atom is 0.0700 e. The lowest BCUT2D eigenvalue weighted by Gasteiger charge is -2.10. The van der Waals surface area contributed by atoms with Gasteiger partial charge in [0.15, 0.2) is 0 Å². The van der Waals surface area contributed by atoms with E-state index in [1.807, 2.05) is 6.08 Å². The number of allylic oxidation sites excluding steroid dienone is 1. The molecule has 0 aliphatic rings. The predicted octanol–water partition coefficient (Wildman–Crippen LogP) is 2.54. The van der Waals surface area contributed by atoms with Crippen molar-refractivity contribution in [3.63, 3.8) is 0 Å². The zero-order valence-electron chi connectivity index (χ0n) is 10.5. The fourth-order valence-electron chi connectivity index (χ4n) is 1.45. The molecular formula is C13H26O3. The summed E-state index contributed by atoms with van der Waals surface area (Å²) in [6.45, 7) is 5.54. The molecule has 0 bridgehead atoms. The second-order valence-electron chi connectivity index (χ2n) is 3.97. The number of hydrogen-bond acceptors (Lipinski definition) is 3. The van der Waals surface area contributed by atoms with Crippen LogP contribution >= 0.6 is 0 Å². The minimum absolute atomic E-state index is 0.216. The van der Waals surface area contributed by atoms with Crippen LogP contribution in [0.1, 0.15) is 38.5 Å². The summed E-state index contributed by atoms with van der Waals surface area (Å²) in [4.78, 5) is 0. The van der Waals surface area contributed by atoms with Crippen LogP contribution in [0.15, 0.2) is 12.7 Å². The fraction of sp³-hybridized carbons (Fsp3) is 0.846. The van der Waals surface area contributed by atoms with Gasteiger partial charge in [0.25, 0.3) is 0 Å².